The van der Waals surface area contributed by atoms with Gasteiger partial charge >= 0.3 is 0 Å². The molecule has 1 aromatic carbocycles. The molecule has 5 heteroatoms. The summed E-state index contributed by atoms with van der Waals surface area (Å²) in [6, 6.07) is 8.06. The van der Waals surface area contributed by atoms with Gasteiger partial charge in [0.1, 0.15) is 11.6 Å². The highest BCUT2D eigenvalue weighted by atomic mass is 19.1. The van der Waals surface area contributed by atoms with Crippen molar-refractivity contribution in [3.63, 3.8) is 0 Å². The second-order valence-corrected chi connectivity index (χ2v) is 4.74. The van der Waals surface area contributed by atoms with E-state index in [-0.39, 0.29) is 11.6 Å². The summed E-state index contributed by atoms with van der Waals surface area (Å²) in [6.45, 7) is 1.79. The molecule has 0 spiro atoms. The van der Waals surface area contributed by atoms with E-state index in [2.05, 4.69) is 10.3 Å². The largest absolute Gasteiger partial charge is 0.363 e. The average Bonchev–Trinajstić information content (AvgIpc) is 2.42. The zero-order valence-electron chi connectivity index (χ0n) is 11.6. The fourth-order valence-corrected chi connectivity index (χ4v) is 1.70. The van der Waals surface area contributed by atoms with Gasteiger partial charge in [0.15, 0.2) is 0 Å². The van der Waals surface area contributed by atoms with E-state index in [4.69, 9.17) is 0 Å². The van der Waals surface area contributed by atoms with Crippen molar-refractivity contribution in [2.75, 3.05) is 24.3 Å². The molecule has 2 rings (SSSR count). The molecule has 1 aromatic heterocycles. The Morgan fingerprint density at radius 3 is 2.55 bits per heavy atom. The highest BCUT2D eigenvalue weighted by molar-refractivity contribution is 6.04. The molecule has 0 unspecified atom stereocenters. The molecule has 0 bridgehead atoms. The molecule has 4 nitrogen and oxygen atoms in total. The second-order valence-electron chi connectivity index (χ2n) is 4.74. The number of amides is 1. The topological polar surface area (TPSA) is 45.2 Å². The van der Waals surface area contributed by atoms with Crippen LogP contribution in [0.2, 0.25) is 0 Å². The van der Waals surface area contributed by atoms with Crippen LogP contribution in [0.3, 0.4) is 0 Å². The lowest BCUT2D eigenvalue weighted by Crippen LogP contribution is -2.15. The van der Waals surface area contributed by atoms with Gasteiger partial charge in [-0.3, -0.25) is 4.79 Å². The van der Waals surface area contributed by atoms with Crippen LogP contribution in [0.5, 0.6) is 0 Å². The number of halogens is 1. The van der Waals surface area contributed by atoms with Gasteiger partial charge in [-0.2, -0.15) is 0 Å². The predicted octanol–water partition coefficient (Wildman–Crippen LogP) is 2.85. The number of rotatable bonds is 3. The highest BCUT2D eigenvalue weighted by Gasteiger charge is 2.10. The Balaban J connectivity index is 2.15. The van der Waals surface area contributed by atoms with Crippen LogP contribution in [0, 0.1) is 12.7 Å². The van der Waals surface area contributed by atoms with Gasteiger partial charge in [0.05, 0.1) is 11.3 Å². The van der Waals surface area contributed by atoms with Crippen LogP contribution in [0.25, 0.3) is 0 Å². The van der Waals surface area contributed by atoms with E-state index in [0.717, 1.165) is 11.4 Å². The van der Waals surface area contributed by atoms with E-state index in [0.29, 0.717) is 5.56 Å². The Kier molecular flexibility index (Phi) is 3.98. The van der Waals surface area contributed by atoms with E-state index >= 15 is 0 Å². The lowest BCUT2D eigenvalue weighted by molar-refractivity contribution is 0.102. The van der Waals surface area contributed by atoms with Gasteiger partial charge in [0, 0.05) is 20.3 Å². The standard InChI is InChI=1S/C15H16FN3O/c1-10-4-6-13(12(16)8-10)18-15(20)11-5-7-14(17-9-11)19(2)3/h4-9H,1-3H3,(H,18,20). The predicted molar refractivity (Wildman–Crippen MR) is 77.7 cm³/mol. The molecule has 0 aliphatic rings. The van der Waals surface area contributed by atoms with Crippen molar-refractivity contribution in [2.45, 2.75) is 6.92 Å². The van der Waals surface area contributed by atoms with Crippen molar-refractivity contribution in [1.29, 1.82) is 0 Å². The monoisotopic (exact) mass is 273 g/mol. The molecule has 1 N–H and O–H groups in total. The smallest absolute Gasteiger partial charge is 0.257 e. The third kappa shape index (κ3) is 3.12. The molecule has 0 saturated heterocycles. The van der Waals surface area contributed by atoms with E-state index in [1.165, 1.54) is 12.3 Å². The quantitative estimate of drug-likeness (QED) is 0.935. The maximum atomic E-state index is 13.7. The number of hydrogen-bond donors (Lipinski definition) is 1. The minimum absolute atomic E-state index is 0.164. The summed E-state index contributed by atoms with van der Waals surface area (Å²) in [7, 11) is 3.73. The number of hydrogen-bond acceptors (Lipinski definition) is 3. The van der Waals surface area contributed by atoms with Crippen LogP contribution in [-0.2, 0) is 0 Å². The second kappa shape index (κ2) is 5.69. The van der Waals surface area contributed by atoms with Gasteiger partial charge < -0.3 is 10.2 Å². The van der Waals surface area contributed by atoms with Crippen LogP contribution in [0.4, 0.5) is 15.9 Å². The molecule has 0 fully saturated rings. The first-order valence-corrected chi connectivity index (χ1v) is 6.18. The molecular weight excluding hydrogens is 257 g/mol. The van der Waals surface area contributed by atoms with Crippen LogP contribution < -0.4 is 10.2 Å². The fraction of sp³-hybridized carbons (Fsp3) is 0.200. The van der Waals surface area contributed by atoms with Crippen LogP contribution >= 0.6 is 0 Å². The lowest BCUT2D eigenvalue weighted by Gasteiger charge is -2.11. The number of nitrogens with zero attached hydrogens (tertiary/aromatic N) is 2. The first kappa shape index (κ1) is 14.0. The van der Waals surface area contributed by atoms with E-state index < -0.39 is 5.82 Å². The minimum atomic E-state index is -0.448. The summed E-state index contributed by atoms with van der Waals surface area (Å²) in [4.78, 5) is 18.0. The lowest BCUT2D eigenvalue weighted by atomic mass is 10.2. The van der Waals surface area contributed by atoms with Gasteiger partial charge in [0.25, 0.3) is 5.91 Å². The van der Waals surface area contributed by atoms with Gasteiger partial charge in [-0.05, 0) is 36.8 Å². The molecule has 20 heavy (non-hydrogen) atoms. The number of pyridine rings is 1. The Labute approximate surface area is 117 Å². The highest BCUT2D eigenvalue weighted by Crippen LogP contribution is 2.16. The van der Waals surface area contributed by atoms with E-state index in [1.807, 2.05) is 19.0 Å². The van der Waals surface area contributed by atoms with Crippen LogP contribution in [-0.4, -0.2) is 25.0 Å². The van der Waals surface area contributed by atoms with Gasteiger partial charge in [0.2, 0.25) is 0 Å². The number of benzene rings is 1. The van der Waals surface area contributed by atoms with Crippen molar-refractivity contribution in [2.24, 2.45) is 0 Å². The summed E-state index contributed by atoms with van der Waals surface area (Å²) in [6.07, 6.45) is 1.47. The molecule has 1 amide bonds. The molecule has 0 aliphatic heterocycles. The van der Waals surface area contributed by atoms with Gasteiger partial charge in [-0.15, -0.1) is 0 Å². The van der Waals surface area contributed by atoms with Crippen molar-refractivity contribution < 1.29 is 9.18 Å². The van der Waals surface area contributed by atoms with Gasteiger partial charge in [-0.1, -0.05) is 6.07 Å². The van der Waals surface area contributed by atoms with Crippen molar-refractivity contribution in [1.82, 2.24) is 4.98 Å². The van der Waals surface area contributed by atoms with Crippen LogP contribution in [0.1, 0.15) is 15.9 Å². The molecule has 0 atom stereocenters. The first-order chi connectivity index (χ1) is 9.47. The molecular formula is C15H16FN3O. The molecule has 0 saturated carbocycles. The van der Waals surface area contributed by atoms with Crippen molar-refractivity contribution in [3.8, 4) is 0 Å². The number of aromatic nitrogens is 1. The number of carbonyl (C=O) groups excluding carboxylic acids is 1. The van der Waals surface area contributed by atoms with Crippen molar-refractivity contribution in [3.05, 3.63) is 53.5 Å². The molecule has 1 heterocycles. The minimum Gasteiger partial charge on any atom is -0.363 e. The number of carbonyl (C=O) groups is 1. The average molecular weight is 273 g/mol. The normalized spacial score (nSPS) is 10.2. The Morgan fingerprint density at radius 1 is 1.25 bits per heavy atom. The van der Waals surface area contributed by atoms with Crippen LogP contribution in [0.15, 0.2) is 36.5 Å². The Morgan fingerprint density at radius 2 is 2.00 bits per heavy atom. The zero-order chi connectivity index (χ0) is 14.7. The summed E-state index contributed by atoms with van der Waals surface area (Å²) < 4.78 is 13.7. The molecule has 0 radical (unpaired) electrons. The zero-order valence-corrected chi connectivity index (χ0v) is 11.6. The first-order valence-electron chi connectivity index (χ1n) is 6.18. The third-order valence-electron chi connectivity index (χ3n) is 2.84. The number of nitrogens with one attached hydrogen (secondary N) is 1. The molecule has 0 aliphatic carbocycles. The maximum absolute atomic E-state index is 13.7. The fourth-order valence-electron chi connectivity index (χ4n) is 1.70. The number of anilines is 2. The van der Waals surface area contributed by atoms with E-state index in [9.17, 15) is 9.18 Å². The molecule has 104 valence electrons. The SMILES string of the molecule is Cc1ccc(NC(=O)c2ccc(N(C)C)nc2)c(F)c1. The Bertz CT molecular complexity index is 624. The molecule has 2 aromatic rings. The van der Waals surface area contributed by atoms with E-state index in [1.54, 1.807) is 31.2 Å². The Hall–Kier alpha value is -2.43. The summed E-state index contributed by atoms with van der Waals surface area (Å²) >= 11 is 0. The third-order valence-corrected chi connectivity index (χ3v) is 2.84. The van der Waals surface area contributed by atoms with Gasteiger partial charge in [-0.25, -0.2) is 9.37 Å². The maximum Gasteiger partial charge on any atom is 0.257 e. The summed E-state index contributed by atoms with van der Waals surface area (Å²) in [5, 5.41) is 2.53. The number of aryl methyl sites for hydroxylation is 1. The summed E-state index contributed by atoms with van der Waals surface area (Å²) in [5.41, 5.74) is 1.35. The summed E-state index contributed by atoms with van der Waals surface area (Å²) in [5.74, 6) is -0.0788. The van der Waals surface area contributed by atoms with Crippen molar-refractivity contribution >= 4 is 17.4 Å².